The molecule has 2 rings (SSSR count). The summed E-state index contributed by atoms with van der Waals surface area (Å²) < 4.78 is 40.1. The molecule has 1 amide bonds. The number of alkyl halides is 3. The average molecular weight is 363 g/mol. The fourth-order valence-electron chi connectivity index (χ4n) is 2.42. The first-order valence-corrected chi connectivity index (χ1v) is 7.94. The summed E-state index contributed by atoms with van der Waals surface area (Å²) in [4.78, 5) is 12.5. The van der Waals surface area contributed by atoms with Crippen LogP contribution < -0.4 is 0 Å². The molecular formula is C16H18ClF3N2O2. The first-order valence-electron chi connectivity index (χ1n) is 7.56. The van der Waals surface area contributed by atoms with Crippen molar-refractivity contribution in [3.05, 3.63) is 34.3 Å². The Bertz CT molecular complexity index is 676. The molecule has 0 aliphatic carbocycles. The van der Waals surface area contributed by atoms with Gasteiger partial charge in [0.15, 0.2) is 0 Å². The van der Waals surface area contributed by atoms with E-state index in [0.29, 0.717) is 18.4 Å². The van der Waals surface area contributed by atoms with E-state index in [1.807, 2.05) is 6.92 Å². The molecule has 1 N–H and O–H groups in total. The van der Waals surface area contributed by atoms with Gasteiger partial charge in [0.25, 0.3) is 11.6 Å². The molecule has 0 radical (unpaired) electrons. The highest BCUT2D eigenvalue weighted by Gasteiger charge is 2.63. The van der Waals surface area contributed by atoms with Crippen molar-refractivity contribution in [1.29, 1.82) is 0 Å². The number of unbranched alkanes of at least 4 members (excludes halogenated alkanes) is 1. The molecule has 1 aliphatic rings. The molecule has 0 spiro atoms. The van der Waals surface area contributed by atoms with Crippen LogP contribution in [0.15, 0.2) is 23.3 Å². The Morgan fingerprint density at radius 2 is 2.12 bits per heavy atom. The van der Waals surface area contributed by atoms with Gasteiger partial charge in [-0.3, -0.25) is 4.79 Å². The lowest BCUT2D eigenvalue weighted by atomic mass is 10.0. The van der Waals surface area contributed by atoms with Crippen LogP contribution in [0.2, 0.25) is 5.02 Å². The standard InChI is InChI=1S/C16H18ClF3N2O2/c1-3-4-5-12-9-15(24,16(18,19)20)22(21-12)14(23)11-7-6-10(2)13(17)8-11/h6-8,24H,3-5,9H2,1-2H3/t15-/m0/s1. The highest BCUT2D eigenvalue weighted by Crippen LogP contribution is 2.41. The number of aliphatic hydroxyl groups is 1. The Kier molecular flexibility index (Phi) is 5.25. The molecule has 0 saturated heterocycles. The minimum atomic E-state index is -5.02. The van der Waals surface area contributed by atoms with E-state index < -0.39 is 24.2 Å². The quantitative estimate of drug-likeness (QED) is 0.868. The Labute approximate surface area is 142 Å². The van der Waals surface area contributed by atoms with Crippen molar-refractivity contribution in [2.75, 3.05) is 0 Å². The number of amides is 1. The molecule has 8 heteroatoms. The number of hydrogen-bond acceptors (Lipinski definition) is 3. The maximum absolute atomic E-state index is 13.4. The maximum atomic E-state index is 13.4. The number of nitrogens with zero attached hydrogens (tertiary/aromatic N) is 2. The van der Waals surface area contributed by atoms with Gasteiger partial charge in [0.1, 0.15) is 0 Å². The summed E-state index contributed by atoms with van der Waals surface area (Å²) in [6, 6.07) is 4.16. The zero-order chi connectivity index (χ0) is 18.1. The first kappa shape index (κ1) is 18.7. The van der Waals surface area contributed by atoms with E-state index in [4.69, 9.17) is 11.6 Å². The average Bonchev–Trinajstić information content (AvgIpc) is 2.85. The molecule has 0 fully saturated rings. The van der Waals surface area contributed by atoms with Crippen molar-refractivity contribution in [1.82, 2.24) is 5.01 Å². The zero-order valence-electron chi connectivity index (χ0n) is 13.3. The van der Waals surface area contributed by atoms with Crippen LogP contribution in [0.25, 0.3) is 0 Å². The van der Waals surface area contributed by atoms with E-state index in [1.165, 1.54) is 18.2 Å². The summed E-state index contributed by atoms with van der Waals surface area (Å²) in [7, 11) is 0. The fourth-order valence-corrected chi connectivity index (χ4v) is 2.60. The van der Waals surface area contributed by atoms with Crippen molar-refractivity contribution in [2.24, 2.45) is 5.10 Å². The van der Waals surface area contributed by atoms with Crippen molar-refractivity contribution in [3.8, 4) is 0 Å². The third kappa shape index (κ3) is 3.42. The highest BCUT2D eigenvalue weighted by atomic mass is 35.5. The lowest BCUT2D eigenvalue weighted by molar-refractivity contribution is -0.297. The van der Waals surface area contributed by atoms with E-state index in [9.17, 15) is 23.1 Å². The zero-order valence-corrected chi connectivity index (χ0v) is 14.1. The number of benzene rings is 1. The number of hydrogen-bond donors (Lipinski definition) is 1. The fraction of sp³-hybridized carbons (Fsp3) is 0.500. The van der Waals surface area contributed by atoms with Crippen molar-refractivity contribution < 1.29 is 23.1 Å². The topological polar surface area (TPSA) is 52.9 Å². The van der Waals surface area contributed by atoms with E-state index in [-0.39, 0.29) is 21.3 Å². The number of carbonyl (C=O) groups is 1. The van der Waals surface area contributed by atoms with Crippen molar-refractivity contribution in [2.45, 2.75) is 51.4 Å². The molecule has 132 valence electrons. The molecule has 1 aromatic carbocycles. The number of carbonyl (C=O) groups excluding carboxylic acids is 1. The second kappa shape index (κ2) is 6.72. The van der Waals surface area contributed by atoms with Crippen molar-refractivity contribution >= 4 is 23.2 Å². The largest absolute Gasteiger partial charge is 0.438 e. The summed E-state index contributed by atoms with van der Waals surface area (Å²) in [5, 5.41) is 14.3. The normalized spacial score (nSPS) is 21.1. The van der Waals surface area contributed by atoms with Crippen LogP contribution in [0.3, 0.4) is 0 Å². The third-order valence-electron chi connectivity index (χ3n) is 3.93. The summed E-state index contributed by atoms with van der Waals surface area (Å²) in [5.74, 6) is -1.04. The van der Waals surface area contributed by atoms with Gasteiger partial charge in [0.2, 0.25) is 0 Å². The molecule has 0 aromatic heterocycles. The van der Waals surface area contributed by atoms with Gasteiger partial charge in [-0.25, -0.2) is 0 Å². The second-order valence-electron chi connectivity index (χ2n) is 5.84. The molecule has 1 atom stereocenters. The van der Waals surface area contributed by atoms with Gasteiger partial charge in [0, 0.05) is 22.7 Å². The molecular weight excluding hydrogens is 345 g/mol. The van der Waals surface area contributed by atoms with Crippen LogP contribution in [0, 0.1) is 6.92 Å². The molecule has 0 bridgehead atoms. The summed E-state index contributed by atoms with van der Waals surface area (Å²) in [5.41, 5.74) is -2.55. The van der Waals surface area contributed by atoms with E-state index in [1.54, 1.807) is 6.92 Å². The Morgan fingerprint density at radius 3 is 2.67 bits per heavy atom. The van der Waals surface area contributed by atoms with Crippen molar-refractivity contribution in [3.63, 3.8) is 0 Å². The molecule has 1 aromatic rings. The lowest BCUT2D eigenvalue weighted by Gasteiger charge is -2.32. The SMILES string of the molecule is CCCCC1=NN(C(=O)c2ccc(C)c(Cl)c2)[C@@](O)(C(F)(F)F)C1. The third-order valence-corrected chi connectivity index (χ3v) is 4.33. The van der Waals surface area contributed by atoms with Gasteiger partial charge in [-0.15, -0.1) is 0 Å². The van der Waals surface area contributed by atoms with Gasteiger partial charge >= 0.3 is 6.18 Å². The number of halogens is 4. The molecule has 24 heavy (non-hydrogen) atoms. The van der Waals surface area contributed by atoms with Gasteiger partial charge < -0.3 is 5.11 Å². The van der Waals surface area contributed by atoms with Crippen LogP contribution in [0.5, 0.6) is 0 Å². The van der Waals surface area contributed by atoms with Gasteiger partial charge in [-0.05, 0) is 37.5 Å². The van der Waals surface area contributed by atoms with Crippen LogP contribution in [0.4, 0.5) is 13.2 Å². The maximum Gasteiger partial charge on any atom is 0.438 e. The Balaban J connectivity index is 2.39. The van der Waals surface area contributed by atoms with E-state index in [2.05, 4.69) is 5.10 Å². The lowest BCUT2D eigenvalue weighted by Crippen LogP contribution is -2.56. The Morgan fingerprint density at radius 1 is 1.46 bits per heavy atom. The molecule has 0 unspecified atom stereocenters. The van der Waals surface area contributed by atoms with E-state index >= 15 is 0 Å². The minimum absolute atomic E-state index is 0.0613. The molecule has 1 aliphatic heterocycles. The summed E-state index contributed by atoms with van der Waals surface area (Å²) >= 11 is 5.93. The van der Waals surface area contributed by atoms with Crippen LogP contribution in [-0.4, -0.2) is 33.6 Å². The molecule has 4 nitrogen and oxygen atoms in total. The molecule has 1 heterocycles. The first-order chi connectivity index (χ1) is 11.1. The monoisotopic (exact) mass is 362 g/mol. The summed E-state index contributed by atoms with van der Waals surface area (Å²) in [6.45, 7) is 3.60. The number of rotatable bonds is 4. The van der Waals surface area contributed by atoms with Crippen LogP contribution in [0.1, 0.15) is 48.5 Å². The van der Waals surface area contributed by atoms with Crippen LogP contribution >= 0.6 is 11.6 Å². The Hall–Kier alpha value is -1.60. The second-order valence-corrected chi connectivity index (χ2v) is 6.25. The van der Waals surface area contributed by atoms with Crippen LogP contribution in [-0.2, 0) is 0 Å². The smallest absolute Gasteiger partial charge is 0.362 e. The van der Waals surface area contributed by atoms with Gasteiger partial charge in [-0.1, -0.05) is 31.0 Å². The predicted molar refractivity (Wildman–Crippen MR) is 84.9 cm³/mol. The number of aryl methyl sites for hydroxylation is 1. The minimum Gasteiger partial charge on any atom is -0.362 e. The highest BCUT2D eigenvalue weighted by molar-refractivity contribution is 6.31. The van der Waals surface area contributed by atoms with Gasteiger partial charge in [0.05, 0.1) is 0 Å². The number of hydrazone groups is 1. The predicted octanol–water partition coefficient (Wildman–Crippen LogP) is 4.29. The van der Waals surface area contributed by atoms with Gasteiger partial charge in [-0.2, -0.15) is 23.3 Å². The van der Waals surface area contributed by atoms with E-state index in [0.717, 1.165) is 6.42 Å². The summed E-state index contributed by atoms with van der Waals surface area (Å²) in [6.07, 6.45) is -4.06. The molecule has 0 saturated carbocycles.